The highest BCUT2D eigenvalue weighted by atomic mass is 35.5. The summed E-state index contributed by atoms with van der Waals surface area (Å²) in [7, 11) is 5.53. The van der Waals surface area contributed by atoms with Gasteiger partial charge in [0.2, 0.25) is 0 Å². The second kappa shape index (κ2) is 10.8. The van der Waals surface area contributed by atoms with E-state index in [0.717, 1.165) is 15.8 Å². The monoisotopic (exact) mass is 469 g/mol. The van der Waals surface area contributed by atoms with Gasteiger partial charge in [0.15, 0.2) is 11.7 Å². The molecule has 0 atom stereocenters. The van der Waals surface area contributed by atoms with E-state index in [1.54, 1.807) is 24.1 Å². The summed E-state index contributed by atoms with van der Waals surface area (Å²) in [5.74, 6) is 1.10. The van der Waals surface area contributed by atoms with Crippen LogP contribution < -0.4 is 14.4 Å². The number of carbonyl (C=O) groups is 1. The molecule has 1 heterocycles. The van der Waals surface area contributed by atoms with Gasteiger partial charge in [-0.1, -0.05) is 29.0 Å². The summed E-state index contributed by atoms with van der Waals surface area (Å²) in [5.41, 5.74) is 1.74. The second-order valence-electron chi connectivity index (χ2n) is 6.83. The number of carbonyl (C=O) groups excluding carboxylic acids is 1. The molecule has 3 aromatic rings. The first-order chi connectivity index (χ1) is 13.9. The molecule has 0 spiro atoms. The molecule has 0 radical (unpaired) electrons. The van der Waals surface area contributed by atoms with Crippen molar-refractivity contribution in [2.75, 3.05) is 45.8 Å². The molecule has 9 heteroatoms. The van der Waals surface area contributed by atoms with Gasteiger partial charge in [-0.05, 0) is 50.8 Å². The lowest BCUT2D eigenvalue weighted by Crippen LogP contribution is -2.39. The largest absolute Gasteiger partial charge is 0.497 e. The molecule has 30 heavy (non-hydrogen) atoms. The number of thiazole rings is 1. The van der Waals surface area contributed by atoms with Crippen LogP contribution >= 0.6 is 35.3 Å². The lowest BCUT2D eigenvalue weighted by molar-refractivity contribution is -0.120. The van der Waals surface area contributed by atoms with Crippen LogP contribution in [0.1, 0.15) is 5.56 Å². The summed E-state index contributed by atoms with van der Waals surface area (Å²) >= 11 is 7.71. The van der Waals surface area contributed by atoms with E-state index in [0.29, 0.717) is 34.7 Å². The SMILES string of the molecule is COc1cccc(OCC(=O)N(CCN(C)C)c2nc3c(C)c(Cl)ccc3s2)c1.Cl. The molecule has 0 saturated carbocycles. The summed E-state index contributed by atoms with van der Waals surface area (Å²) in [6.45, 7) is 3.07. The Balaban J connectivity index is 0.00000320. The van der Waals surface area contributed by atoms with Crippen molar-refractivity contribution in [2.24, 2.45) is 0 Å². The molecular weight excluding hydrogens is 445 g/mol. The molecule has 2 aromatic carbocycles. The van der Waals surface area contributed by atoms with Crippen LogP contribution in [0.3, 0.4) is 0 Å². The van der Waals surface area contributed by atoms with Crippen LogP contribution in [-0.4, -0.2) is 56.7 Å². The molecule has 0 aliphatic heterocycles. The predicted molar refractivity (Wildman–Crippen MR) is 126 cm³/mol. The van der Waals surface area contributed by atoms with Crippen molar-refractivity contribution in [3.63, 3.8) is 0 Å². The Labute approximate surface area is 191 Å². The number of rotatable bonds is 8. The van der Waals surface area contributed by atoms with Crippen molar-refractivity contribution in [2.45, 2.75) is 6.92 Å². The lowest BCUT2D eigenvalue weighted by atomic mass is 10.2. The lowest BCUT2D eigenvalue weighted by Gasteiger charge is -2.22. The Morgan fingerprint density at radius 2 is 1.90 bits per heavy atom. The Kier molecular flexibility index (Phi) is 8.73. The van der Waals surface area contributed by atoms with Crippen LogP contribution in [0.5, 0.6) is 11.5 Å². The van der Waals surface area contributed by atoms with Crippen molar-refractivity contribution in [1.29, 1.82) is 0 Å². The van der Waals surface area contributed by atoms with Crippen LogP contribution in [0.2, 0.25) is 5.02 Å². The molecule has 162 valence electrons. The highest BCUT2D eigenvalue weighted by Gasteiger charge is 2.21. The predicted octanol–water partition coefficient (Wildman–Crippen LogP) is 4.66. The first kappa shape index (κ1) is 24.2. The summed E-state index contributed by atoms with van der Waals surface area (Å²) in [5, 5.41) is 1.31. The van der Waals surface area contributed by atoms with Crippen LogP contribution in [0.25, 0.3) is 10.2 Å². The maximum atomic E-state index is 13.0. The number of halogens is 2. The molecule has 1 amide bonds. The zero-order valence-electron chi connectivity index (χ0n) is 17.3. The van der Waals surface area contributed by atoms with E-state index in [1.165, 1.54) is 11.3 Å². The van der Waals surface area contributed by atoms with E-state index >= 15 is 0 Å². The maximum Gasteiger partial charge on any atom is 0.266 e. The van der Waals surface area contributed by atoms with Gasteiger partial charge in [0.05, 0.1) is 17.3 Å². The normalized spacial score (nSPS) is 10.7. The summed E-state index contributed by atoms with van der Waals surface area (Å²) in [6, 6.07) is 11.0. The van der Waals surface area contributed by atoms with Crippen LogP contribution in [0, 0.1) is 6.92 Å². The number of benzene rings is 2. The summed E-state index contributed by atoms with van der Waals surface area (Å²) < 4.78 is 11.9. The molecule has 0 aliphatic rings. The minimum atomic E-state index is -0.155. The van der Waals surface area contributed by atoms with Gasteiger partial charge in [-0.3, -0.25) is 9.69 Å². The van der Waals surface area contributed by atoms with Gasteiger partial charge in [0.1, 0.15) is 11.5 Å². The van der Waals surface area contributed by atoms with Gasteiger partial charge in [0.25, 0.3) is 5.91 Å². The Morgan fingerprint density at radius 3 is 2.60 bits per heavy atom. The topological polar surface area (TPSA) is 54.9 Å². The second-order valence-corrected chi connectivity index (χ2v) is 8.25. The number of likely N-dealkylation sites (N-methyl/N-ethyl adjacent to an activating group) is 1. The van der Waals surface area contributed by atoms with Crippen LogP contribution in [-0.2, 0) is 4.79 Å². The van der Waals surface area contributed by atoms with Crippen LogP contribution in [0.4, 0.5) is 5.13 Å². The number of ether oxygens (including phenoxy) is 2. The van der Waals surface area contributed by atoms with E-state index in [1.807, 2.05) is 50.2 Å². The zero-order chi connectivity index (χ0) is 21.0. The molecular formula is C21H25Cl2N3O3S. The number of amides is 1. The minimum absolute atomic E-state index is 0. The highest BCUT2D eigenvalue weighted by molar-refractivity contribution is 7.22. The van der Waals surface area contributed by atoms with Gasteiger partial charge in [-0.25, -0.2) is 4.98 Å². The Bertz CT molecular complexity index is 1010. The number of aromatic nitrogens is 1. The number of methoxy groups -OCH3 is 1. The zero-order valence-corrected chi connectivity index (χ0v) is 19.7. The molecule has 0 saturated heterocycles. The third kappa shape index (κ3) is 5.76. The average Bonchev–Trinajstić information content (AvgIpc) is 3.14. The molecule has 0 fully saturated rings. The van der Waals surface area contributed by atoms with E-state index in [9.17, 15) is 4.79 Å². The summed E-state index contributed by atoms with van der Waals surface area (Å²) in [4.78, 5) is 21.4. The van der Waals surface area contributed by atoms with Gasteiger partial charge < -0.3 is 14.4 Å². The molecule has 1 aromatic heterocycles. The van der Waals surface area contributed by atoms with E-state index < -0.39 is 0 Å². The first-order valence-electron chi connectivity index (χ1n) is 9.16. The van der Waals surface area contributed by atoms with Gasteiger partial charge in [-0.2, -0.15) is 0 Å². The van der Waals surface area contributed by atoms with Gasteiger partial charge in [-0.15, -0.1) is 12.4 Å². The van der Waals surface area contributed by atoms with Crippen molar-refractivity contribution < 1.29 is 14.3 Å². The standard InChI is InChI=1S/C21H24ClN3O3S.ClH/c1-14-17(22)8-9-18-20(14)23-21(29-18)25(11-10-24(2)3)19(26)13-28-16-7-5-6-15(12-16)27-4;/h5-9,12H,10-11,13H2,1-4H3;1H. The Morgan fingerprint density at radius 1 is 1.17 bits per heavy atom. The van der Waals surface area contributed by atoms with Crippen LogP contribution in [0.15, 0.2) is 36.4 Å². The first-order valence-corrected chi connectivity index (χ1v) is 10.4. The Hall–Kier alpha value is -2.06. The third-order valence-electron chi connectivity index (χ3n) is 4.44. The van der Waals surface area contributed by atoms with Crippen molar-refractivity contribution in [3.05, 3.63) is 47.0 Å². The maximum absolute atomic E-state index is 13.0. The number of hydrogen-bond donors (Lipinski definition) is 0. The number of hydrogen-bond acceptors (Lipinski definition) is 6. The van der Waals surface area contributed by atoms with Gasteiger partial charge >= 0.3 is 0 Å². The molecule has 0 N–H and O–H groups in total. The summed E-state index contributed by atoms with van der Waals surface area (Å²) in [6.07, 6.45) is 0. The molecule has 0 unspecified atom stereocenters. The molecule has 3 rings (SSSR count). The fourth-order valence-electron chi connectivity index (χ4n) is 2.75. The number of fused-ring (bicyclic) bond motifs is 1. The number of anilines is 1. The number of aryl methyl sites for hydroxylation is 1. The van der Waals surface area contributed by atoms with Gasteiger partial charge in [0, 0.05) is 24.2 Å². The van der Waals surface area contributed by atoms with E-state index in [2.05, 4.69) is 0 Å². The number of nitrogens with zero attached hydrogens (tertiary/aromatic N) is 3. The van der Waals surface area contributed by atoms with Crippen molar-refractivity contribution in [3.8, 4) is 11.5 Å². The van der Waals surface area contributed by atoms with E-state index in [4.69, 9.17) is 26.1 Å². The average molecular weight is 470 g/mol. The third-order valence-corrected chi connectivity index (χ3v) is 5.90. The molecule has 6 nitrogen and oxygen atoms in total. The van der Waals surface area contributed by atoms with Crippen molar-refractivity contribution in [1.82, 2.24) is 9.88 Å². The highest BCUT2D eigenvalue weighted by Crippen LogP contribution is 2.33. The fraction of sp³-hybridized carbons (Fsp3) is 0.333. The minimum Gasteiger partial charge on any atom is -0.497 e. The fourth-order valence-corrected chi connectivity index (χ4v) is 3.97. The quantitative estimate of drug-likeness (QED) is 0.479. The van der Waals surface area contributed by atoms with Crippen molar-refractivity contribution >= 4 is 56.6 Å². The van der Waals surface area contributed by atoms with E-state index in [-0.39, 0.29) is 24.9 Å². The molecule has 0 aliphatic carbocycles. The molecule has 0 bridgehead atoms. The smallest absolute Gasteiger partial charge is 0.266 e.